The largest absolute Gasteiger partial charge is 0.399 e. The summed E-state index contributed by atoms with van der Waals surface area (Å²) in [5, 5.41) is 0. The summed E-state index contributed by atoms with van der Waals surface area (Å²) in [7, 11) is -4.17. The van der Waals surface area contributed by atoms with Crippen molar-refractivity contribution >= 4 is 43.2 Å². The second kappa shape index (κ2) is 11.5. The van der Waals surface area contributed by atoms with Gasteiger partial charge in [-0.2, -0.15) is 0 Å². The molecule has 32 heavy (non-hydrogen) atoms. The lowest BCUT2D eigenvalue weighted by molar-refractivity contribution is -0.119. The number of hydrogen-bond acceptors (Lipinski definition) is 7. The molecule has 2 amide bonds. The number of anilines is 2. The number of benzene rings is 2. The van der Waals surface area contributed by atoms with Crippen molar-refractivity contribution in [2.75, 3.05) is 24.7 Å². The number of nitrogens with one attached hydrogen (secondary N) is 2. The van der Waals surface area contributed by atoms with Gasteiger partial charge in [-0.25, -0.2) is 31.2 Å². The molecule has 0 saturated heterocycles. The molecule has 0 atom stereocenters. The van der Waals surface area contributed by atoms with E-state index in [0.717, 1.165) is 4.90 Å². The summed E-state index contributed by atoms with van der Waals surface area (Å²) in [6.45, 7) is 0. The van der Waals surface area contributed by atoms with Crippen molar-refractivity contribution in [3.63, 3.8) is 0 Å². The van der Waals surface area contributed by atoms with Crippen LogP contribution in [-0.4, -0.2) is 42.7 Å². The minimum absolute atomic E-state index is 0. The van der Waals surface area contributed by atoms with Gasteiger partial charge in [0.25, 0.3) is 11.8 Å². The van der Waals surface area contributed by atoms with Gasteiger partial charge in [0.05, 0.1) is 15.5 Å². The lowest BCUT2D eigenvalue weighted by Gasteiger charge is -2.14. The molecule has 0 aromatic heterocycles. The monoisotopic (exact) mass is 484 g/mol. The third-order valence-electron chi connectivity index (χ3n) is 3.94. The number of imide groups is 1. The average molecular weight is 485 g/mol. The predicted molar refractivity (Wildman–Crippen MR) is 125 cm³/mol. The Morgan fingerprint density at radius 3 is 1.38 bits per heavy atom. The molecule has 0 saturated carbocycles. The maximum Gasteiger partial charge on any atom is 0.258 e. The highest BCUT2D eigenvalue weighted by Crippen LogP contribution is 2.21. The SMILES string of the molecule is C.C.CNS(=O)(=O)c1ccc(N)cc1.CNS(=O)(=O)c1ccc(N2C(=O)C=CC2=O)cc1. The number of nitrogens with zero attached hydrogens (tertiary/aromatic N) is 1. The molecule has 2 aromatic rings. The lowest BCUT2D eigenvalue weighted by atomic mass is 10.3. The minimum atomic E-state index is -3.52. The van der Waals surface area contributed by atoms with E-state index in [1.165, 1.54) is 62.6 Å². The van der Waals surface area contributed by atoms with Gasteiger partial charge >= 0.3 is 0 Å². The fourth-order valence-electron chi connectivity index (χ4n) is 2.31. The normalized spacial score (nSPS) is 13.0. The Labute approximate surface area is 189 Å². The fourth-order valence-corrected chi connectivity index (χ4v) is 3.77. The molecule has 1 aliphatic heterocycles. The van der Waals surface area contributed by atoms with Gasteiger partial charge < -0.3 is 5.73 Å². The Hall–Kier alpha value is -3.06. The van der Waals surface area contributed by atoms with Crippen molar-refractivity contribution in [2.45, 2.75) is 24.6 Å². The van der Waals surface area contributed by atoms with E-state index in [1.807, 2.05) is 0 Å². The van der Waals surface area contributed by atoms with Crippen molar-refractivity contribution < 1.29 is 26.4 Å². The van der Waals surface area contributed by atoms with Crippen LogP contribution < -0.4 is 20.1 Å². The summed E-state index contributed by atoms with van der Waals surface area (Å²) >= 11 is 0. The Bertz CT molecular complexity index is 1160. The van der Waals surface area contributed by atoms with Crippen molar-refractivity contribution in [2.24, 2.45) is 0 Å². The molecular weight excluding hydrogens is 456 g/mol. The highest BCUT2D eigenvalue weighted by atomic mass is 32.2. The van der Waals surface area contributed by atoms with Crippen LogP contribution in [0.5, 0.6) is 0 Å². The van der Waals surface area contributed by atoms with E-state index < -0.39 is 31.9 Å². The third kappa shape index (κ3) is 6.72. The van der Waals surface area contributed by atoms with Gasteiger partial charge in [-0.1, -0.05) is 14.9 Å². The van der Waals surface area contributed by atoms with Crippen LogP contribution in [0.3, 0.4) is 0 Å². The van der Waals surface area contributed by atoms with Gasteiger partial charge in [0.1, 0.15) is 0 Å². The zero-order valence-corrected chi connectivity index (χ0v) is 17.7. The Balaban J connectivity index is 0.000000607. The first-order chi connectivity index (χ1) is 14.0. The third-order valence-corrected chi connectivity index (χ3v) is 6.80. The summed E-state index contributed by atoms with van der Waals surface area (Å²) in [5.41, 5.74) is 6.28. The minimum Gasteiger partial charge on any atom is -0.399 e. The highest BCUT2D eigenvalue weighted by Gasteiger charge is 2.25. The van der Waals surface area contributed by atoms with Crippen LogP contribution >= 0.6 is 0 Å². The summed E-state index contributed by atoms with van der Waals surface area (Å²) in [5.74, 6) is -0.881. The van der Waals surface area contributed by atoms with E-state index in [-0.39, 0.29) is 24.6 Å². The maximum absolute atomic E-state index is 11.5. The summed E-state index contributed by atoms with van der Waals surface area (Å²) in [6.07, 6.45) is 2.33. The smallest absolute Gasteiger partial charge is 0.258 e. The van der Waals surface area contributed by atoms with Gasteiger partial charge in [-0.3, -0.25) is 9.59 Å². The second-order valence-corrected chi connectivity index (χ2v) is 9.60. The molecule has 3 rings (SSSR count). The molecule has 176 valence electrons. The number of rotatable bonds is 5. The van der Waals surface area contributed by atoms with E-state index >= 15 is 0 Å². The van der Waals surface area contributed by atoms with Gasteiger partial charge in [0.15, 0.2) is 0 Å². The first-order valence-electron chi connectivity index (χ1n) is 8.40. The van der Waals surface area contributed by atoms with Crippen molar-refractivity contribution in [1.82, 2.24) is 9.44 Å². The van der Waals surface area contributed by atoms with Gasteiger partial charge in [-0.05, 0) is 62.6 Å². The molecule has 4 N–H and O–H groups in total. The number of carbonyl (C=O) groups excluding carboxylic acids is 2. The van der Waals surface area contributed by atoms with E-state index in [2.05, 4.69) is 9.44 Å². The number of sulfonamides is 2. The average Bonchev–Trinajstić information content (AvgIpc) is 3.07. The number of carbonyl (C=O) groups is 2. The molecule has 0 spiro atoms. The Kier molecular flexibility index (Phi) is 10.4. The lowest BCUT2D eigenvalue weighted by Crippen LogP contribution is -2.29. The number of amides is 2. The van der Waals surface area contributed by atoms with Crippen LogP contribution in [-0.2, 0) is 29.6 Å². The quantitative estimate of drug-likeness (QED) is 0.428. The van der Waals surface area contributed by atoms with Crippen LogP contribution in [0.2, 0.25) is 0 Å². The van der Waals surface area contributed by atoms with Crippen molar-refractivity contribution in [3.8, 4) is 0 Å². The van der Waals surface area contributed by atoms with Crippen LogP contribution in [0.25, 0.3) is 0 Å². The van der Waals surface area contributed by atoms with Crippen molar-refractivity contribution in [3.05, 3.63) is 60.7 Å². The molecule has 0 fully saturated rings. The zero-order valence-electron chi connectivity index (χ0n) is 16.1. The summed E-state index contributed by atoms with van der Waals surface area (Å²) < 4.78 is 49.7. The van der Waals surface area contributed by atoms with E-state index in [9.17, 15) is 26.4 Å². The molecule has 0 unspecified atom stereocenters. The first-order valence-corrected chi connectivity index (χ1v) is 11.4. The van der Waals surface area contributed by atoms with E-state index in [1.54, 1.807) is 12.1 Å². The Morgan fingerprint density at radius 2 is 1.03 bits per heavy atom. The molecule has 10 nitrogen and oxygen atoms in total. The number of nitrogens with two attached hydrogens (primary N) is 1. The summed E-state index contributed by atoms with van der Waals surface area (Å²) in [4.78, 5) is 24.1. The zero-order chi connectivity index (χ0) is 22.5. The van der Waals surface area contributed by atoms with E-state index in [4.69, 9.17) is 5.73 Å². The van der Waals surface area contributed by atoms with Crippen LogP contribution in [0, 0.1) is 0 Å². The number of hydrogen-bond donors (Lipinski definition) is 3. The van der Waals surface area contributed by atoms with Crippen LogP contribution in [0.4, 0.5) is 11.4 Å². The standard InChI is InChI=1S/C11H10N2O4S.C7H10N2O2S.2CH4/c1-12-18(16,17)9-4-2-8(3-5-9)13-10(14)6-7-11(13)15;1-9-12(10,11)7-4-2-6(8)3-5-7;;/h2-7,12H,1H3;2-5,9H,8H2,1H3;2*1H4. The second-order valence-electron chi connectivity index (χ2n) is 5.82. The molecule has 2 aromatic carbocycles. The number of nitrogen functional groups attached to an aromatic ring is 1. The maximum atomic E-state index is 11.5. The van der Waals surface area contributed by atoms with Gasteiger partial charge in [-0.15, -0.1) is 0 Å². The van der Waals surface area contributed by atoms with Gasteiger partial charge in [0, 0.05) is 17.8 Å². The molecule has 0 aliphatic carbocycles. The molecule has 0 bridgehead atoms. The molecule has 1 heterocycles. The predicted octanol–water partition coefficient (Wildman–Crippen LogP) is 1.47. The molecule has 0 radical (unpaired) electrons. The molecule has 1 aliphatic rings. The van der Waals surface area contributed by atoms with Crippen LogP contribution in [0.1, 0.15) is 14.9 Å². The summed E-state index contributed by atoms with van der Waals surface area (Å²) in [6, 6.07) is 11.5. The topological polar surface area (TPSA) is 156 Å². The fraction of sp³-hybridized carbons (Fsp3) is 0.200. The van der Waals surface area contributed by atoms with Gasteiger partial charge in [0.2, 0.25) is 20.0 Å². The molecular formula is C20H28N4O6S2. The highest BCUT2D eigenvalue weighted by molar-refractivity contribution is 7.89. The van der Waals surface area contributed by atoms with E-state index in [0.29, 0.717) is 11.4 Å². The first kappa shape index (κ1) is 28.9. The van der Waals surface area contributed by atoms with Crippen molar-refractivity contribution in [1.29, 1.82) is 0 Å². The van der Waals surface area contributed by atoms with Crippen LogP contribution in [0.15, 0.2) is 70.5 Å². The Morgan fingerprint density at radius 1 is 0.688 bits per heavy atom. The molecule has 12 heteroatoms.